The topological polar surface area (TPSA) is 85.6 Å². The Morgan fingerprint density at radius 2 is 1.85 bits per heavy atom. The normalized spacial score (nSPS) is 22.2. The molecule has 33 heavy (non-hydrogen) atoms. The minimum absolute atomic E-state index is 0.221. The highest BCUT2D eigenvalue weighted by atomic mass is 19.1. The molecule has 1 amide bonds. The van der Waals surface area contributed by atoms with Crippen LogP contribution in [0.2, 0.25) is 0 Å². The number of hydrogen-bond acceptors (Lipinski definition) is 7. The third-order valence-corrected chi connectivity index (χ3v) is 6.30. The second kappa shape index (κ2) is 10.0. The third-order valence-electron chi connectivity index (χ3n) is 6.30. The third kappa shape index (κ3) is 6.19. The van der Waals surface area contributed by atoms with Gasteiger partial charge in [0.25, 0.3) is 0 Å². The number of piperazine rings is 1. The van der Waals surface area contributed by atoms with Crippen molar-refractivity contribution in [1.82, 2.24) is 30.0 Å². The molecule has 9 nitrogen and oxygen atoms in total. The van der Waals surface area contributed by atoms with E-state index in [9.17, 15) is 9.18 Å². The lowest BCUT2D eigenvalue weighted by Crippen LogP contribution is -2.53. The number of tetrazole rings is 1. The van der Waals surface area contributed by atoms with Crippen LogP contribution < -0.4 is 4.74 Å². The summed E-state index contributed by atoms with van der Waals surface area (Å²) in [5.41, 5.74) is 0.0890. The molecule has 0 spiro atoms. The Morgan fingerprint density at radius 1 is 1.12 bits per heavy atom. The van der Waals surface area contributed by atoms with Gasteiger partial charge >= 0.3 is 6.09 Å². The molecular weight excluding hydrogens is 427 g/mol. The van der Waals surface area contributed by atoms with Crippen LogP contribution in [0.15, 0.2) is 24.5 Å². The number of rotatable bonds is 5. The van der Waals surface area contributed by atoms with Crippen molar-refractivity contribution < 1.29 is 18.7 Å². The molecular formula is C23H33FN6O3. The molecule has 1 saturated heterocycles. The summed E-state index contributed by atoms with van der Waals surface area (Å²) in [6.07, 6.45) is 5.51. The van der Waals surface area contributed by atoms with Crippen LogP contribution in [0.5, 0.6) is 5.75 Å². The lowest BCUT2D eigenvalue weighted by molar-refractivity contribution is 0.00652. The van der Waals surface area contributed by atoms with Crippen molar-refractivity contribution in [2.75, 3.05) is 32.8 Å². The van der Waals surface area contributed by atoms with Gasteiger partial charge < -0.3 is 14.4 Å². The summed E-state index contributed by atoms with van der Waals surface area (Å²) in [6, 6.07) is 5.28. The summed E-state index contributed by atoms with van der Waals surface area (Å²) in [4.78, 5) is 16.6. The van der Waals surface area contributed by atoms with Gasteiger partial charge in [-0.1, -0.05) is 0 Å². The van der Waals surface area contributed by atoms with E-state index in [1.54, 1.807) is 17.0 Å². The molecule has 2 heterocycles. The first-order valence-electron chi connectivity index (χ1n) is 11.7. The molecule has 0 bridgehead atoms. The number of nitrogens with zero attached hydrogens (tertiary/aromatic N) is 6. The molecule has 10 heteroatoms. The summed E-state index contributed by atoms with van der Waals surface area (Å²) in [7, 11) is 0. The molecule has 1 aromatic heterocycles. The van der Waals surface area contributed by atoms with E-state index in [0.717, 1.165) is 38.8 Å². The minimum atomic E-state index is -0.464. The first-order chi connectivity index (χ1) is 15.8. The van der Waals surface area contributed by atoms with Crippen LogP contribution in [0, 0.1) is 11.7 Å². The molecule has 180 valence electrons. The second-order valence-electron chi connectivity index (χ2n) is 9.86. The van der Waals surface area contributed by atoms with Crippen LogP contribution >= 0.6 is 0 Å². The van der Waals surface area contributed by atoms with Gasteiger partial charge in [-0.3, -0.25) is 4.90 Å². The number of ether oxygens (including phenoxy) is 2. The number of amides is 1. The van der Waals surface area contributed by atoms with Crippen LogP contribution in [0.25, 0.3) is 5.69 Å². The van der Waals surface area contributed by atoms with Gasteiger partial charge in [0, 0.05) is 38.3 Å². The van der Waals surface area contributed by atoms with E-state index in [2.05, 4.69) is 20.4 Å². The number of carbonyl (C=O) groups excluding carboxylic acids is 1. The van der Waals surface area contributed by atoms with Crippen molar-refractivity contribution >= 4 is 6.09 Å². The van der Waals surface area contributed by atoms with Crippen molar-refractivity contribution in [1.29, 1.82) is 0 Å². The van der Waals surface area contributed by atoms with Crippen LogP contribution in [0.4, 0.5) is 9.18 Å². The second-order valence-corrected chi connectivity index (χ2v) is 9.86. The van der Waals surface area contributed by atoms with E-state index >= 15 is 0 Å². The highest BCUT2D eigenvalue weighted by Crippen LogP contribution is 2.30. The average Bonchev–Trinajstić information content (AvgIpc) is 3.33. The maximum atomic E-state index is 14.4. The number of aromatic nitrogens is 4. The van der Waals surface area contributed by atoms with Crippen LogP contribution in [-0.2, 0) is 4.74 Å². The van der Waals surface area contributed by atoms with Crippen molar-refractivity contribution in [3.63, 3.8) is 0 Å². The fraction of sp³-hybridized carbons (Fsp3) is 0.652. The van der Waals surface area contributed by atoms with E-state index < -0.39 is 11.4 Å². The van der Waals surface area contributed by atoms with Crippen LogP contribution in [0.1, 0.15) is 46.5 Å². The Kier molecular flexibility index (Phi) is 7.11. The first kappa shape index (κ1) is 23.4. The minimum Gasteiger partial charge on any atom is -0.490 e. The predicted octanol–water partition coefficient (Wildman–Crippen LogP) is 3.29. The van der Waals surface area contributed by atoms with Crippen LogP contribution in [-0.4, -0.2) is 80.5 Å². The first-order valence-corrected chi connectivity index (χ1v) is 11.7. The zero-order chi connectivity index (χ0) is 23.4. The zero-order valence-corrected chi connectivity index (χ0v) is 19.6. The predicted molar refractivity (Wildman–Crippen MR) is 120 cm³/mol. The average molecular weight is 461 g/mol. The molecule has 4 rings (SSSR count). The van der Waals surface area contributed by atoms with Crippen LogP contribution in [0.3, 0.4) is 0 Å². The van der Waals surface area contributed by atoms with E-state index in [1.807, 2.05) is 20.8 Å². The van der Waals surface area contributed by atoms with Crippen molar-refractivity contribution in [2.24, 2.45) is 5.92 Å². The molecule has 2 aliphatic rings. The summed E-state index contributed by atoms with van der Waals surface area (Å²) in [5.74, 6) is 0.259. The lowest BCUT2D eigenvalue weighted by atomic mass is 9.85. The number of hydrogen-bond donors (Lipinski definition) is 0. The Bertz CT molecular complexity index is 917. The molecule has 2 aromatic rings. The summed E-state index contributed by atoms with van der Waals surface area (Å²) in [6.45, 7) is 9.36. The number of carbonyl (C=O) groups is 1. The van der Waals surface area contributed by atoms with Crippen molar-refractivity contribution in [2.45, 2.75) is 58.1 Å². The fourth-order valence-corrected chi connectivity index (χ4v) is 4.51. The number of halogens is 1. The van der Waals surface area contributed by atoms with Gasteiger partial charge in [0.2, 0.25) is 0 Å². The molecule has 0 radical (unpaired) electrons. The molecule has 1 aliphatic heterocycles. The maximum absolute atomic E-state index is 14.4. The van der Waals surface area contributed by atoms with Crippen molar-refractivity contribution in [3.8, 4) is 11.4 Å². The molecule has 0 unspecified atom stereocenters. The highest BCUT2D eigenvalue weighted by Gasteiger charge is 2.31. The fourth-order valence-electron chi connectivity index (χ4n) is 4.51. The standard InChI is InChI=1S/C23H33FN6O3/c1-23(2,3)33-22(31)29-12-10-28(11-13-29)18-6-4-17(5-7-18)15-32-21-9-8-19(14-20(21)24)30-16-25-26-27-30/h8-9,14,16-18H,4-7,10-13,15H2,1-3H3. The monoisotopic (exact) mass is 460 g/mol. The van der Waals surface area contributed by atoms with Gasteiger partial charge in [0.15, 0.2) is 11.6 Å². The molecule has 1 aliphatic carbocycles. The molecule has 1 saturated carbocycles. The quantitative estimate of drug-likeness (QED) is 0.677. The van der Waals surface area contributed by atoms with E-state index in [-0.39, 0.29) is 11.8 Å². The summed E-state index contributed by atoms with van der Waals surface area (Å²) < 4.78 is 27.1. The molecule has 2 fully saturated rings. The Labute approximate surface area is 193 Å². The van der Waals surface area contributed by atoms with Crippen molar-refractivity contribution in [3.05, 3.63) is 30.3 Å². The van der Waals surface area contributed by atoms with E-state index in [1.165, 1.54) is 17.1 Å². The maximum Gasteiger partial charge on any atom is 0.410 e. The summed E-state index contributed by atoms with van der Waals surface area (Å²) >= 11 is 0. The Balaban J connectivity index is 1.19. The molecule has 0 N–H and O–H groups in total. The van der Waals surface area contributed by atoms with Gasteiger partial charge in [0.05, 0.1) is 12.3 Å². The molecule has 1 aromatic carbocycles. The Hall–Kier alpha value is -2.75. The summed E-state index contributed by atoms with van der Waals surface area (Å²) in [5, 5.41) is 10.9. The van der Waals surface area contributed by atoms with Gasteiger partial charge in [-0.15, -0.1) is 5.10 Å². The zero-order valence-electron chi connectivity index (χ0n) is 19.6. The number of benzene rings is 1. The van der Waals surface area contributed by atoms with Gasteiger partial charge in [0.1, 0.15) is 11.9 Å². The highest BCUT2D eigenvalue weighted by molar-refractivity contribution is 5.68. The van der Waals surface area contributed by atoms with E-state index in [0.29, 0.717) is 37.3 Å². The van der Waals surface area contributed by atoms with Gasteiger partial charge in [-0.05, 0) is 74.9 Å². The largest absolute Gasteiger partial charge is 0.490 e. The lowest BCUT2D eigenvalue weighted by Gasteiger charge is -2.42. The SMILES string of the molecule is CC(C)(C)OC(=O)N1CCN(C2CCC(COc3ccc(-n4cnnn4)cc3F)CC2)CC1. The molecule has 0 atom stereocenters. The Morgan fingerprint density at radius 3 is 2.45 bits per heavy atom. The smallest absolute Gasteiger partial charge is 0.410 e. The van der Waals surface area contributed by atoms with E-state index in [4.69, 9.17) is 9.47 Å². The van der Waals surface area contributed by atoms with Gasteiger partial charge in [-0.25, -0.2) is 13.9 Å². The van der Waals surface area contributed by atoms with Gasteiger partial charge in [-0.2, -0.15) is 0 Å².